The molecule has 8 nitrogen and oxygen atoms in total. The lowest BCUT2D eigenvalue weighted by Gasteiger charge is -2.13. The van der Waals surface area contributed by atoms with Gasteiger partial charge in [-0.1, -0.05) is 0 Å². The number of sulfone groups is 1. The molecule has 0 fully saturated rings. The minimum atomic E-state index is -3.11. The summed E-state index contributed by atoms with van der Waals surface area (Å²) in [6.07, 6.45) is 1.14. The van der Waals surface area contributed by atoms with Gasteiger partial charge in [0.2, 0.25) is 6.79 Å². The predicted octanol–water partition coefficient (Wildman–Crippen LogP) is 1.12. The van der Waals surface area contributed by atoms with E-state index in [-0.39, 0.29) is 31.4 Å². The quantitative estimate of drug-likeness (QED) is 0.504. The molecule has 0 unspecified atom stereocenters. The fraction of sp³-hybridized carbons (Fsp3) is 0.533. The maximum atomic E-state index is 12.6. The average Bonchev–Trinajstić information content (AvgIpc) is 2.97. The van der Waals surface area contributed by atoms with Gasteiger partial charge in [0.1, 0.15) is 15.6 Å². The number of fused-ring (bicyclic) bond motifs is 1. The Labute approximate surface area is 150 Å². The molecule has 1 heterocycles. The second kappa shape index (κ2) is 8.88. The normalized spacial score (nSPS) is 13.8. The van der Waals surface area contributed by atoms with Crippen LogP contribution in [0.4, 0.5) is 8.78 Å². The summed E-state index contributed by atoms with van der Waals surface area (Å²) in [5.74, 6) is 0.997. The summed E-state index contributed by atoms with van der Waals surface area (Å²) in [7, 11) is -3.11. The van der Waals surface area contributed by atoms with Gasteiger partial charge in [-0.05, 0) is 13.0 Å². The number of hydrogen-bond donors (Lipinski definition) is 2. The Morgan fingerprint density at radius 3 is 2.62 bits per heavy atom. The van der Waals surface area contributed by atoms with E-state index in [9.17, 15) is 17.2 Å². The lowest BCUT2D eigenvalue weighted by molar-refractivity contribution is -0.0505. The first-order valence-corrected chi connectivity index (χ1v) is 9.91. The Kier molecular flexibility index (Phi) is 6.83. The molecule has 0 amide bonds. The molecule has 11 heteroatoms. The van der Waals surface area contributed by atoms with E-state index in [0.717, 1.165) is 6.26 Å². The molecule has 1 aromatic rings. The second-order valence-corrected chi connectivity index (χ2v) is 7.70. The smallest absolute Gasteiger partial charge is 0.387 e. The molecule has 146 valence electrons. The van der Waals surface area contributed by atoms with Crippen molar-refractivity contribution >= 4 is 15.8 Å². The monoisotopic (exact) mass is 393 g/mol. The molecule has 0 saturated heterocycles. The van der Waals surface area contributed by atoms with Crippen LogP contribution < -0.4 is 24.8 Å². The number of alkyl halides is 2. The SMILES string of the molecule is CCNC(=NCc1cc2c(cc1OC(F)F)OCO2)NCCS(C)(=O)=O. The van der Waals surface area contributed by atoms with E-state index in [0.29, 0.717) is 29.6 Å². The number of hydrogen-bond acceptors (Lipinski definition) is 6. The van der Waals surface area contributed by atoms with Crippen molar-refractivity contribution in [1.82, 2.24) is 10.6 Å². The highest BCUT2D eigenvalue weighted by Gasteiger charge is 2.20. The zero-order valence-electron chi connectivity index (χ0n) is 14.4. The molecule has 0 spiro atoms. The van der Waals surface area contributed by atoms with Crippen molar-refractivity contribution in [3.8, 4) is 17.2 Å². The Balaban J connectivity index is 2.13. The largest absolute Gasteiger partial charge is 0.454 e. The van der Waals surface area contributed by atoms with Crippen molar-refractivity contribution in [2.75, 3.05) is 31.9 Å². The van der Waals surface area contributed by atoms with E-state index in [1.807, 2.05) is 6.92 Å². The summed E-state index contributed by atoms with van der Waals surface area (Å²) in [5.41, 5.74) is 0.384. The number of nitrogens with one attached hydrogen (secondary N) is 2. The van der Waals surface area contributed by atoms with Gasteiger partial charge in [0.15, 0.2) is 17.5 Å². The van der Waals surface area contributed by atoms with Gasteiger partial charge < -0.3 is 24.8 Å². The molecule has 0 aromatic heterocycles. The van der Waals surface area contributed by atoms with Crippen LogP contribution in [0.1, 0.15) is 12.5 Å². The van der Waals surface area contributed by atoms with Crippen molar-refractivity contribution in [2.45, 2.75) is 20.1 Å². The summed E-state index contributed by atoms with van der Waals surface area (Å²) in [4.78, 5) is 4.28. The maximum Gasteiger partial charge on any atom is 0.387 e. The first-order chi connectivity index (χ1) is 12.3. The Morgan fingerprint density at radius 1 is 1.31 bits per heavy atom. The van der Waals surface area contributed by atoms with Crippen molar-refractivity contribution in [3.63, 3.8) is 0 Å². The fourth-order valence-corrected chi connectivity index (χ4v) is 2.63. The number of ether oxygens (including phenoxy) is 3. The molecule has 1 aliphatic rings. The molecule has 1 aliphatic heterocycles. The molecule has 0 bridgehead atoms. The summed E-state index contributed by atoms with van der Waals surface area (Å²) < 4.78 is 62.6. The molecule has 0 aliphatic carbocycles. The highest BCUT2D eigenvalue weighted by Crippen LogP contribution is 2.38. The first kappa shape index (κ1) is 20.0. The Morgan fingerprint density at radius 2 is 2.00 bits per heavy atom. The molecule has 0 atom stereocenters. The van der Waals surface area contributed by atoms with Crippen molar-refractivity contribution in [1.29, 1.82) is 0 Å². The average molecular weight is 393 g/mol. The van der Waals surface area contributed by atoms with E-state index < -0.39 is 16.4 Å². The van der Waals surface area contributed by atoms with Crippen LogP contribution in [0.3, 0.4) is 0 Å². The number of benzene rings is 1. The third-order valence-corrected chi connectivity index (χ3v) is 4.23. The third kappa shape index (κ3) is 6.21. The van der Waals surface area contributed by atoms with Gasteiger partial charge >= 0.3 is 6.61 Å². The number of aliphatic imine (C=N–C) groups is 1. The molecular formula is C15H21F2N3O5S. The van der Waals surface area contributed by atoms with Crippen molar-refractivity contribution in [2.24, 2.45) is 4.99 Å². The standard InChI is InChI=1S/C15H21F2N3O5S/c1-3-18-15(19-4-5-26(2,21)22)20-8-10-6-12-13(24-9-23-12)7-11(10)25-14(16)17/h6-7,14H,3-5,8-9H2,1-2H3,(H2,18,19,20). The van der Waals surface area contributed by atoms with Gasteiger partial charge in [0.25, 0.3) is 0 Å². The van der Waals surface area contributed by atoms with Crippen molar-refractivity contribution in [3.05, 3.63) is 17.7 Å². The van der Waals surface area contributed by atoms with Gasteiger partial charge in [-0.2, -0.15) is 8.78 Å². The number of nitrogens with zero attached hydrogens (tertiary/aromatic N) is 1. The Bertz CT molecular complexity index is 756. The highest BCUT2D eigenvalue weighted by molar-refractivity contribution is 7.90. The number of rotatable bonds is 8. The van der Waals surface area contributed by atoms with Crippen molar-refractivity contribution < 1.29 is 31.4 Å². The van der Waals surface area contributed by atoms with Gasteiger partial charge in [0.05, 0.1) is 12.3 Å². The summed E-state index contributed by atoms with van der Waals surface area (Å²) in [5, 5.41) is 5.83. The van der Waals surface area contributed by atoms with Gasteiger partial charge in [0, 0.05) is 31.0 Å². The van der Waals surface area contributed by atoms with Crippen LogP contribution in [-0.2, 0) is 16.4 Å². The van der Waals surface area contributed by atoms with E-state index in [1.54, 1.807) is 0 Å². The highest BCUT2D eigenvalue weighted by atomic mass is 32.2. The topological polar surface area (TPSA) is 98.2 Å². The maximum absolute atomic E-state index is 12.6. The molecule has 2 rings (SSSR count). The summed E-state index contributed by atoms with van der Waals surface area (Å²) in [6, 6.07) is 2.87. The van der Waals surface area contributed by atoms with Crippen LogP contribution in [0, 0.1) is 0 Å². The van der Waals surface area contributed by atoms with Gasteiger partial charge in [-0.15, -0.1) is 0 Å². The number of halogens is 2. The van der Waals surface area contributed by atoms with E-state index >= 15 is 0 Å². The van der Waals surface area contributed by atoms with Crippen LogP contribution in [0.15, 0.2) is 17.1 Å². The van der Waals surface area contributed by atoms with E-state index in [2.05, 4.69) is 20.4 Å². The molecular weight excluding hydrogens is 372 g/mol. The lowest BCUT2D eigenvalue weighted by Crippen LogP contribution is -2.39. The predicted molar refractivity (Wildman–Crippen MR) is 91.7 cm³/mol. The zero-order valence-corrected chi connectivity index (χ0v) is 15.2. The minimum Gasteiger partial charge on any atom is -0.454 e. The molecule has 2 N–H and O–H groups in total. The summed E-state index contributed by atoms with van der Waals surface area (Å²) >= 11 is 0. The van der Waals surface area contributed by atoms with Gasteiger partial charge in [-0.25, -0.2) is 13.4 Å². The third-order valence-electron chi connectivity index (χ3n) is 3.29. The van der Waals surface area contributed by atoms with E-state index in [1.165, 1.54) is 12.1 Å². The minimum absolute atomic E-state index is 0.00581. The molecule has 0 saturated carbocycles. The Hall–Kier alpha value is -2.30. The molecule has 0 radical (unpaired) electrons. The molecule has 26 heavy (non-hydrogen) atoms. The van der Waals surface area contributed by atoms with Crippen LogP contribution in [0.25, 0.3) is 0 Å². The van der Waals surface area contributed by atoms with Crippen LogP contribution in [0.5, 0.6) is 17.2 Å². The van der Waals surface area contributed by atoms with Crippen LogP contribution >= 0.6 is 0 Å². The number of guanidine groups is 1. The van der Waals surface area contributed by atoms with Crippen LogP contribution in [-0.4, -0.2) is 52.9 Å². The summed E-state index contributed by atoms with van der Waals surface area (Å²) in [6.45, 7) is -0.393. The lowest BCUT2D eigenvalue weighted by atomic mass is 10.1. The van der Waals surface area contributed by atoms with E-state index in [4.69, 9.17) is 9.47 Å². The molecule has 1 aromatic carbocycles. The fourth-order valence-electron chi connectivity index (χ4n) is 2.16. The first-order valence-electron chi connectivity index (χ1n) is 7.85. The van der Waals surface area contributed by atoms with Gasteiger partial charge in [-0.3, -0.25) is 0 Å². The zero-order chi connectivity index (χ0) is 19.2. The van der Waals surface area contributed by atoms with Crippen LogP contribution in [0.2, 0.25) is 0 Å². The second-order valence-electron chi connectivity index (χ2n) is 5.44.